The smallest absolute Gasteiger partial charge is 0.309 e. The Labute approximate surface area is 458 Å². The highest BCUT2D eigenvalue weighted by Gasteiger charge is 2.45. The van der Waals surface area contributed by atoms with Gasteiger partial charge in [-0.05, 0) is 199 Å². The van der Waals surface area contributed by atoms with Gasteiger partial charge in [0, 0.05) is 24.1 Å². The lowest BCUT2D eigenvalue weighted by atomic mass is 9.63. The first-order valence-corrected chi connectivity index (χ1v) is 29.9. The van der Waals surface area contributed by atoms with Crippen molar-refractivity contribution in [1.82, 2.24) is 0 Å². The van der Waals surface area contributed by atoms with E-state index in [9.17, 15) is 9.59 Å². The molecule has 0 aromatic rings. The summed E-state index contributed by atoms with van der Waals surface area (Å²) >= 11 is 0. The molecule has 2 aliphatic heterocycles. The summed E-state index contributed by atoms with van der Waals surface area (Å²) in [5.41, 5.74) is 8.39. The molecular weight excluding hydrogens is 915 g/mol. The fourth-order valence-corrected chi connectivity index (χ4v) is 11.0. The maximum Gasteiger partial charge on any atom is 0.309 e. The van der Waals surface area contributed by atoms with Crippen LogP contribution in [0.15, 0.2) is 26.3 Å². The third-order valence-corrected chi connectivity index (χ3v) is 17.5. The number of aliphatic carboxylic acids is 2. The molecule has 2 N–H and O–H groups in total. The third kappa shape index (κ3) is 27.3. The first-order chi connectivity index (χ1) is 33.5. The van der Waals surface area contributed by atoms with Gasteiger partial charge in [0.05, 0.1) is 29.6 Å². The van der Waals surface area contributed by atoms with E-state index in [4.69, 9.17) is 14.9 Å². The molecule has 0 spiro atoms. The maximum absolute atomic E-state index is 11.0. The molecule has 0 saturated heterocycles. The van der Waals surface area contributed by atoms with Gasteiger partial charge in [0.1, 0.15) is 0 Å². The molecule has 0 aromatic heterocycles. The summed E-state index contributed by atoms with van der Waals surface area (Å²) in [5.74, 6) is -0.0551. The number of nitrogens with zero attached hydrogens (tertiary/aromatic N) is 3. The largest absolute Gasteiger partial charge is 0.481 e. The van der Waals surface area contributed by atoms with Crippen molar-refractivity contribution in [1.29, 1.82) is 0 Å². The van der Waals surface area contributed by atoms with Gasteiger partial charge >= 0.3 is 11.9 Å². The van der Waals surface area contributed by atoms with Crippen molar-refractivity contribution in [3.05, 3.63) is 11.1 Å². The Morgan fingerprint density at radius 2 is 1.26 bits per heavy atom. The number of carboxylic acid groups (broad SMARTS) is 2. The van der Waals surface area contributed by atoms with Crippen LogP contribution in [0.25, 0.3) is 0 Å². The van der Waals surface area contributed by atoms with Crippen molar-refractivity contribution in [3.63, 3.8) is 0 Å². The van der Waals surface area contributed by atoms with Crippen LogP contribution < -0.4 is 0 Å². The fraction of sp³-hybridized carbons (Fsp3) is 0.894. The van der Waals surface area contributed by atoms with Crippen molar-refractivity contribution < 1.29 is 24.5 Å². The third-order valence-electron chi connectivity index (χ3n) is 17.5. The standard InChI is InChI=1S/C14H28.C13H26.C11H19N.C11H20O2.C9H16O3.C8H14N2/c1-6-14(9-7-10-14)11-8-12(2)13(3,4)5;1-5-13(10-7-11-13)9-6-8-12(2,3)4;1-8-7-12-9(2)10(8)6-11(3,4)5;1-10(2,3)8-5-6-11(4,7-8)9(12)13;1-9(2,3)12-7-4-6(5-7)8(10)11;1-8(2,3)6-7-4-5-9-10-7/h12H,6-11H2,1-5H3;5-11H2,1-4H3;6-7H2,1-5H3;8H,5-7H2,1-4H3,(H,12,13);6-7H,4-5H2,1-3H3,(H,10,11);5H,4,6H2,1-3H3. The van der Waals surface area contributed by atoms with Crippen molar-refractivity contribution in [3.8, 4) is 0 Å². The van der Waals surface area contributed by atoms with Gasteiger partial charge in [-0.15, -0.1) is 0 Å². The first kappa shape index (κ1) is 69.7. The van der Waals surface area contributed by atoms with Crippen LogP contribution >= 0.6 is 0 Å². The molecule has 0 amide bonds. The van der Waals surface area contributed by atoms with E-state index in [1.54, 1.807) is 0 Å². The number of ether oxygens (including phenoxy) is 1. The second kappa shape index (κ2) is 29.0. The average molecular weight is 1040 g/mol. The van der Waals surface area contributed by atoms with E-state index >= 15 is 0 Å². The minimum Gasteiger partial charge on any atom is -0.481 e. The van der Waals surface area contributed by atoms with Gasteiger partial charge in [0.2, 0.25) is 0 Å². The molecule has 2 heterocycles. The lowest BCUT2D eigenvalue weighted by Gasteiger charge is -2.43. The zero-order chi connectivity index (χ0) is 57.4. The highest BCUT2D eigenvalue weighted by molar-refractivity contribution is 6.01. The number of aliphatic imine (C=N–C) groups is 1. The van der Waals surface area contributed by atoms with E-state index in [1.807, 2.05) is 33.9 Å². The second-order valence-corrected chi connectivity index (χ2v) is 31.5. The van der Waals surface area contributed by atoms with Gasteiger partial charge < -0.3 is 14.9 Å². The summed E-state index contributed by atoms with van der Waals surface area (Å²) in [4.78, 5) is 25.9. The summed E-state index contributed by atoms with van der Waals surface area (Å²) in [7, 11) is 0. The predicted octanol–water partition coefficient (Wildman–Crippen LogP) is 19.9. The van der Waals surface area contributed by atoms with Gasteiger partial charge in [0.25, 0.3) is 0 Å². The molecule has 0 radical (unpaired) electrons. The molecule has 4 saturated carbocycles. The minimum atomic E-state index is -0.691. The Kier molecular flexibility index (Phi) is 27.3. The van der Waals surface area contributed by atoms with Crippen LogP contribution in [-0.4, -0.2) is 58.0 Å². The molecule has 8 heteroatoms. The van der Waals surface area contributed by atoms with Gasteiger partial charge in [-0.3, -0.25) is 14.6 Å². The van der Waals surface area contributed by atoms with E-state index in [1.165, 1.54) is 106 Å². The van der Waals surface area contributed by atoms with Gasteiger partial charge in [0.15, 0.2) is 0 Å². The molecule has 4 aliphatic carbocycles. The van der Waals surface area contributed by atoms with Gasteiger partial charge in [-0.1, -0.05) is 157 Å². The Bertz CT molecular complexity index is 1800. The quantitative estimate of drug-likeness (QED) is 0.190. The molecule has 0 bridgehead atoms. The number of allylic oxidation sites excluding steroid dienone is 1. The molecule has 6 aliphatic rings. The van der Waals surface area contributed by atoms with Crippen LogP contribution in [-0.2, 0) is 14.3 Å². The predicted molar refractivity (Wildman–Crippen MR) is 321 cm³/mol. The summed E-state index contributed by atoms with van der Waals surface area (Å²) in [6.07, 6.45) is 28.3. The topological polar surface area (TPSA) is 121 Å². The average Bonchev–Trinajstić information content (AvgIpc) is 3.94. The van der Waals surface area contributed by atoms with E-state index in [-0.39, 0.29) is 23.0 Å². The Morgan fingerprint density at radius 3 is 1.57 bits per heavy atom. The minimum absolute atomic E-state index is 0.145. The summed E-state index contributed by atoms with van der Waals surface area (Å²) in [6.45, 7) is 54.5. The molecule has 6 rings (SSSR count). The molecule has 432 valence electrons. The zero-order valence-electron chi connectivity index (χ0n) is 53.4. The maximum atomic E-state index is 11.0. The number of carboxylic acids is 2. The number of hydrogen-bond donors (Lipinski definition) is 2. The SMILES string of the molecule is CC(C)(C)CC1=NN=CC1.CC(C)(C)OC1CC(C(=O)O)C1.CC1(C(=O)O)CCC(C(C)(C)C)C1.CC1=NCC(C)=C1CC(C)(C)C.CCC1(CCC(C)C(C)(C)C)CCC1.CCC1(CCCC(C)(C)C)CCC1. The number of hydrogen-bond acceptors (Lipinski definition) is 6. The number of rotatable bonds is 13. The first-order valence-electron chi connectivity index (χ1n) is 29.9. The van der Waals surface area contributed by atoms with E-state index in [0.29, 0.717) is 40.4 Å². The molecule has 3 atom stereocenters. The molecule has 4 fully saturated rings. The highest BCUT2D eigenvalue weighted by Crippen LogP contribution is 2.51. The van der Waals surface area contributed by atoms with Crippen LogP contribution in [0.5, 0.6) is 0 Å². The van der Waals surface area contributed by atoms with Crippen LogP contribution in [0.1, 0.15) is 301 Å². The van der Waals surface area contributed by atoms with Gasteiger partial charge in [-0.25, -0.2) is 0 Å². The summed E-state index contributed by atoms with van der Waals surface area (Å²) < 4.78 is 5.59. The van der Waals surface area contributed by atoms with Crippen LogP contribution in [0, 0.1) is 61.1 Å². The molecule has 3 unspecified atom stereocenters. The second-order valence-electron chi connectivity index (χ2n) is 31.5. The lowest BCUT2D eigenvalue weighted by molar-refractivity contribution is -0.159. The summed E-state index contributed by atoms with van der Waals surface area (Å²) in [5, 5.41) is 25.5. The van der Waals surface area contributed by atoms with Crippen molar-refractivity contribution in [2.75, 3.05) is 6.54 Å². The van der Waals surface area contributed by atoms with Gasteiger partial charge in [-0.2, -0.15) is 10.2 Å². The Morgan fingerprint density at radius 1 is 0.743 bits per heavy atom. The van der Waals surface area contributed by atoms with Crippen molar-refractivity contribution in [2.24, 2.45) is 76.3 Å². The number of carbonyl (C=O) groups is 2. The molecule has 0 aromatic carbocycles. The fourth-order valence-electron chi connectivity index (χ4n) is 11.0. The zero-order valence-corrected chi connectivity index (χ0v) is 53.4. The van der Waals surface area contributed by atoms with Crippen molar-refractivity contribution >= 4 is 29.6 Å². The molecule has 8 nitrogen and oxygen atoms in total. The Hall–Kier alpha value is -2.35. The van der Waals surface area contributed by atoms with Crippen LogP contribution in [0.3, 0.4) is 0 Å². The van der Waals surface area contributed by atoms with E-state index in [0.717, 1.165) is 61.8 Å². The Balaban J connectivity index is 0.000000445. The molecule has 74 heavy (non-hydrogen) atoms. The van der Waals surface area contributed by atoms with Crippen molar-refractivity contribution in [2.45, 2.75) is 313 Å². The summed E-state index contributed by atoms with van der Waals surface area (Å²) in [6, 6.07) is 0. The highest BCUT2D eigenvalue weighted by atomic mass is 16.5. The normalized spacial score (nSPS) is 24.4. The molecular formula is C66H123N3O5. The lowest BCUT2D eigenvalue weighted by Crippen LogP contribution is -2.40. The monoisotopic (exact) mass is 1040 g/mol. The van der Waals surface area contributed by atoms with E-state index < -0.39 is 17.4 Å². The van der Waals surface area contributed by atoms with Crippen LogP contribution in [0.2, 0.25) is 0 Å². The van der Waals surface area contributed by atoms with Crippen LogP contribution in [0.4, 0.5) is 0 Å². The van der Waals surface area contributed by atoms with E-state index in [2.05, 4.69) is 154 Å².